The van der Waals surface area contributed by atoms with Crippen molar-refractivity contribution in [2.45, 2.75) is 32.9 Å². The molecule has 1 N–H and O–H groups in total. The Bertz CT molecular complexity index is 328. The number of nitrogens with zero attached hydrogens (tertiary/aromatic N) is 1. The molecule has 1 aromatic carbocycles. The Balaban J connectivity index is 2.57. The van der Waals surface area contributed by atoms with Gasteiger partial charge in [0, 0.05) is 24.2 Å². The van der Waals surface area contributed by atoms with Crippen LogP contribution in [0.15, 0.2) is 24.3 Å². The fourth-order valence-electron chi connectivity index (χ4n) is 1.95. The zero-order valence-electron chi connectivity index (χ0n) is 11.0. The zero-order chi connectivity index (χ0) is 12.7. The van der Waals surface area contributed by atoms with Crippen molar-refractivity contribution >= 4 is 11.6 Å². The lowest BCUT2D eigenvalue weighted by atomic mass is 10.1. The first kappa shape index (κ1) is 14.5. The number of rotatable bonds is 7. The zero-order valence-corrected chi connectivity index (χ0v) is 11.8. The van der Waals surface area contributed by atoms with Gasteiger partial charge in [-0.15, -0.1) is 0 Å². The summed E-state index contributed by atoms with van der Waals surface area (Å²) in [4.78, 5) is 2.36. The van der Waals surface area contributed by atoms with Crippen molar-refractivity contribution < 1.29 is 0 Å². The molecule has 0 aliphatic rings. The Labute approximate surface area is 110 Å². The van der Waals surface area contributed by atoms with Gasteiger partial charge in [0.2, 0.25) is 0 Å². The molecule has 0 aromatic heterocycles. The molecule has 0 fully saturated rings. The van der Waals surface area contributed by atoms with E-state index in [4.69, 9.17) is 11.6 Å². The molecule has 0 radical (unpaired) electrons. The van der Waals surface area contributed by atoms with Crippen LogP contribution in [0.4, 0.5) is 0 Å². The van der Waals surface area contributed by atoms with E-state index in [-0.39, 0.29) is 0 Å². The topological polar surface area (TPSA) is 15.3 Å². The van der Waals surface area contributed by atoms with Crippen molar-refractivity contribution in [3.05, 3.63) is 34.9 Å². The number of hydrogen-bond acceptors (Lipinski definition) is 2. The van der Waals surface area contributed by atoms with Gasteiger partial charge in [-0.2, -0.15) is 0 Å². The van der Waals surface area contributed by atoms with Crippen LogP contribution in [0.5, 0.6) is 0 Å². The van der Waals surface area contributed by atoms with Gasteiger partial charge in [-0.1, -0.05) is 43.6 Å². The summed E-state index contributed by atoms with van der Waals surface area (Å²) in [5.41, 5.74) is 1.20. The fourth-order valence-corrected chi connectivity index (χ4v) is 2.14. The van der Waals surface area contributed by atoms with Gasteiger partial charge in [-0.25, -0.2) is 0 Å². The standard InChI is InChI=1S/C14H23ClN2/c1-4-13(10-16-5-2)17(3)11-12-8-6-7-9-14(12)15/h6-9,13,16H,4-5,10-11H2,1-3H3. The van der Waals surface area contributed by atoms with E-state index >= 15 is 0 Å². The van der Waals surface area contributed by atoms with E-state index in [1.165, 1.54) is 5.56 Å². The molecule has 1 aromatic rings. The third kappa shape index (κ3) is 4.66. The summed E-state index contributed by atoms with van der Waals surface area (Å²) in [5, 5.41) is 4.26. The number of likely N-dealkylation sites (N-methyl/N-ethyl adjacent to an activating group) is 2. The van der Waals surface area contributed by atoms with Gasteiger partial charge in [0.1, 0.15) is 0 Å². The molecular weight excluding hydrogens is 232 g/mol. The third-order valence-electron chi connectivity index (χ3n) is 3.10. The summed E-state index contributed by atoms with van der Waals surface area (Å²) in [6.45, 7) is 7.33. The maximum atomic E-state index is 6.18. The average Bonchev–Trinajstić information content (AvgIpc) is 2.33. The van der Waals surface area contributed by atoms with Gasteiger partial charge >= 0.3 is 0 Å². The summed E-state index contributed by atoms with van der Waals surface area (Å²) in [6.07, 6.45) is 1.15. The van der Waals surface area contributed by atoms with Crippen LogP contribution >= 0.6 is 11.6 Å². The van der Waals surface area contributed by atoms with Gasteiger partial charge in [-0.05, 0) is 31.6 Å². The summed E-state index contributed by atoms with van der Waals surface area (Å²) >= 11 is 6.18. The molecule has 3 heteroatoms. The summed E-state index contributed by atoms with van der Waals surface area (Å²) in [5.74, 6) is 0. The van der Waals surface area contributed by atoms with Gasteiger partial charge in [0.25, 0.3) is 0 Å². The van der Waals surface area contributed by atoms with Crippen LogP contribution in [0.3, 0.4) is 0 Å². The predicted molar refractivity (Wildman–Crippen MR) is 75.5 cm³/mol. The van der Waals surface area contributed by atoms with E-state index in [1.807, 2.05) is 18.2 Å². The van der Waals surface area contributed by atoms with Crippen LogP contribution in [0.25, 0.3) is 0 Å². The smallest absolute Gasteiger partial charge is 0.0451 e. The van der Waals surface area contributed by atoms with Crippen molar-refractivity contribution in [3.63, 3.8) is 0 Å². The first-order valence-corrected chi connectivity index (χ1v) is 6.71. The van der Waals surface area contributed by atoms with Crippen molar-refractivity contribution in [2.75, 3.05) is 20.1 Å². The second-order valence-electron chi connectivity index (χ2n) is 4.38. The quantitative estimate of drug-likeness (QED) is 0.804. The lowest BCUT2D eigenvalue weighted by Gasteiger charge is -2.27. The first-order valence-electron chi connectivity index (χ1n) is 6.33. The molecule has 96 valence electrons. The lowest BCUT2D eigenvalue weighted by Crippen LogP contribution is -2.39. The Hall–Kier alpha value is -0.570. The molecule has 0 saturated carbocycles. The third-order valence-corrected chi connectivity index (χ3v) is 3.47. The lowest BCUT2D eigenvalue weighted by molar-refractivity contribution is 0.222. The molecule has 0 aliphatic heterocycles. The van der Waals surface area contributed by atoms with Crippen LogP contribution in [0.1, 0.15) is 25.8 Å². The van der Waals surface area contributed by atoms with Crippen LogP contribution in [0, 0.1) is 0 Å². The molecule has 0 bridgehead atoms. The molecule has 0 saturated heterocycles. The highest BCUT2D eigenvalue weighted by Gasteiger charge is 2.13. The highest BCUT2D eigenvalue weighted by molar-refractivity contribution is 6.31. The van der Waals surface area contributed by atoms with Gasteiger partial charge in [0.15, 0.2) is 0 Å². The molecule has 2 nitrogen and oxygen atoms in total. The average molecular weight is 255 g/mol. The summed E-state index contributed by atoms with van der Waals surface area (Å²) in [6, 6.07) is 8.63. The van der Waals surface area contributed by atoms with Crippen LogP contribution < -0.4 is 5.32 Å². The van der Waals surface area contributed by atoms with Crippen molar-refractivity contribution in [3.8, 4) is 0 Å². The monoisotopic (exact) mass is 254 g/mol. The number of nitrogens with one attached hydrogen (secondary N) is 1. The Kier molecular flexibility index (Phi) is 6.56. The molecule has 0 heterocycles. The van der Waals surface area contributed by atoms with E-state index < -0.39 is 0 Å². The Morgan fingerprint density at radius 3 is 2.59 bits per heavy atom. The second-order valence-corrected chi connectivity index (χ2v) is 4.78. The molecule has 1 atom stereocenters. The van der Waals surface area contributed by atoms with Crippen LogP contribution in [-0.2, 0) is 6.54 Å². The number of benzene rings is 1. The van der Waals surface area contributed by atoms with Crippen molar-refractivity contribution in [2.24, 2.45) is 0 Å². The maximum Gasteiger partial charge on any atom is 0.0451 e. The van der Waals surface area contributed by atoms with Crippen LogP contribution in [-0.4, -0.2) is 31.1 Å². The van der Waals surface area contributed by atoms with Crippen molar-refractivity contribution in [1.29, 1.82) is 0 Å². The predicted octanol–water partition coefficient (Wildman–Crippen LogP) is 3.16. The molecular formula is C14H23ClN2. The van der Waals surface area contributed by atoms with E-state index in [0.717, 1.165) is 31.1 Å². The highest BCUT2D eigenvalue weighted by atomic mass is 35.5. The molecule has 0 aliphatic carbocycles. The molecule has 0 spiro atoms. The summed E-state index contributed by atoms with van der Waals surface area (Å²) in [7, 11) is 2.16. The molecule has 1 unspecified atom stereocenters. The SMILES string of the molecule is CCNCC(CC)N(C)Cc1ccccc1Cl. The fraction of sp³-hybridized carbons (Fsp3) is 0.571. The largest absolute Gasteiger partial charge is 0.315 e. The maximum absolute atomic E-state index is 6.18. The molecule has 1 rings (SSSR count). The van der Waals surface area contributed by atoms with Gasteiger partial charge in [0.05, 0.1) is 0 Å². The van der Waals surface area contributed by atoms with Gasteiger partial charge in [-0.3, -0.25) is 4.90 Å². The Morgan fingerprint density at radius 2 is 2.00 bits per heavy atom. The first-order chi connectivity index (χ1) is 8.19. The highest BCUT2D eigenvalue weighted by Crippen LogP contribution is 2.17. The summed E-state index contributed by atoms with van der Waals surface area (Å²) < 4.78 is 0. The van der Waals surface area contributed by atoms with E-state index in [2.05, 4.69) is 37.2 Å². The van der Waals surface area contributed by atoms with E-state index in [1.54, 1.807) is 0 Å². The minimum absolute atomic E-state index is 0.561. The second kappa shape index (κ2) is 7.70. The minimum atomic E-state index is 0.561. The molecule has 0 amide bonds. The van der Waals surface area contributed by atoms with Crippen molar-refractivity contribution in [1.82, 2.24) is 10.2 Å². The van der Waals surface area contributed by atoms with Crippen LogP contribution in [0.2, 0.25) is 5.02 Å². The Morgan fingerprint density at radius 1 is 1.29 bits per heavy atom. The normalized spacial score (nSPS) is 13.0. The molecule has 17 heavy (non-hydrogen) atoms. The van der Waals surface area contributed by atoms with Gasteiger partial charge < -0.3 is 5.32 Å². The van der Waals surface area contributed by atoms with E-state index in [0.29, 0.717) is 6.04 Å². The number of hydrogen-bond donors (Lipinski definition) is 1. The number of halogens is 1. The minimum Gasteiger partial charge on any atom is -0.315 e. The van der Waals surface area contributed by atoms with E-state index in [9.17, 15) is 0 Å².